The lowest BCUT2D eigenvalue weighted by Gasteiger charge is -2.09. The van der Waals surface area contributed by atoms with E-state index in [1.807, 2.05) is 6.92 Å². The molecule has 0 aliphatic rings. The lowest BCUT2D eigenvalue weighted by atomic mass is 10.2. The Morgan fingerprint density at radius 2 is 1.54 bits per heavy atom. The van der Waals surface area contributed by atoms with Crippen molar-refractivity contribution < 1.29 is 28.5 Å². The predicted molar refractivity (Wildman–Crippen MR) is 96.1 cm³/mol. The van der Waals surface area contributed by atoms with Crippen molar-refractivity contribution in [2.24, 2.45) is 0 Å². The van der Waals surface area contributed by atoms with Crippen LogP contribution < -0.4 is 19.5 Å². The van der Waals surface area contributed by atoms with Gasteiger partial charge in [0.25, 0.3) is 5.91 Å². The number of hydrogen-bond acceptors (Lipinski definition) is 6. The number of methoxy groups -OCH3 is 2. The monoisotopic (exact) mass is 359 g/mol. The van der Waals surface area contributed by atoms with Gasteiger partial charge in [0, 0.05) is 11.8 Å². The third-order valence-electron chi connectivity index (χ3n) is 3.37. The highest BCUT2D eigenvalue weighted by atomic mass is 16.5. The Morgan fingerprint density at radius 1 is 0.923 bits per heavy atom. The largest absolute Gasteiger partial charge is 0.497 e. The van der Waals surface area contributed by atoms with Crippen LogP contribution in [0.1, 0.15) is 17.3 Å². The summed E-state index contributed by atoms with van der Waals surface area (Å²) in [6.07, 6.45) is 0. The van der Waals surface area contributed by atoms with Gasteiger partial charge in [-0.2, -0.15) is 0 Å². The Morgan fingerprint density at radius 3 is 2.08 bits per heavy atom. The van der Waals surface area contributed by atoms with E-state index in [4.69, 9.17) is 18.9 Å². The molecule has 0 radical (unpaired) electrons. The van der Waals surface area contributed by atoms with Crippen LogP contribution in [0.4, 0.5) is 5.69 Å². The van der Waals surface area contributed by atoms with E-state index in [9.17, 15) is 9.59 Å². The van der Waals surface area contributed by atoms with Crippen LogP contribution in [0.5, 0.6) is 17.2 Å². The molecule has 7 heteroatoms. The third-order valence-corrected chi connectivity index (χ3v) is 3.37. The molecule has 2 aromatic carbocycles. The molecule has 138 valence electrons. The van der Waals surface area contributed by atoms with Crippen molar-refractivity contribution in [2.45, 2.75) is 6.92 Å². The minimum Gasteiger partial charge on any atom is -0.497 e. The number of carbonyl (C=O) groups excluding carboxylic acids is 2. The van der Waals surface area contributed by atoms with E-state index in [-0.39, 0.29) is 5.56 Å². The normalized spacial score (nSPS) is 9.96. The molecular weight excluding hydrogens is 338 g/mol. The van der Waals surface area contributed by atoms with Gasteiger partial charge in [0.05, 0.1) is 26.4 Å². The second-order valence-electron chi connectivity index (χ2n) is 5.18. The SMILES string of the molecule is CCOc1ccc(NC(=O)COC(=O)c2cc(OC)cc(OC)c2)cc1. The summed E-state index contributed by atoms with van der Waals surface area (Å²) in [5.41, 5.74) is 0.813. The van der Waals surface area contributed by atoms with E-state index in [2.05, 4.69) is 5.32 Å². The van der Waals surface area contributed by atoms with Crippen LogP contribution in [0.15, 0.2) is 42.5 Å². The van der Waals surface area contributed by atoms with Gasteiger partial charge in [-0.25, -0.2) is 4.79 Å². The lowest BCUT2D eigenvalue weighted by molar-refractivity contribution is -0.119. The summed E-state index contributed by atoms with van der Waals surface area (Å²) in [5, 5.41) is 2.64. The highest BCUT2D eigenvalue weighted by Gasteiger charge is 2.13. The summed E-state index contributed by atoms with van der Waals surface area (Å²) >= 11 is 0. The molecule has 1 N–H and O–H groups in total. The Labute approximate surface area is 151 Å². The molecule has 0 heterocycles. The van der Waals surface area contributed by atoms with Crippen LogP contribution in [0.2, 0.25) is 0 Å². The maximum atomic E-state index is 12.1. The predicted octanol–water partition coefficient (Wildman–Crippen LogP) is 2.90. The van der Waals surface area contributed by atoms with Crippen molar-refractivity contribution in [2.75, 3.05) is 32.8 Å². The van der Waals surface area contributed by atoms with E-state index in [0.717, 1.165) is 0 Å². The van der Waals surface area contributed by atoms with Crippen LogP contribution >= 0.6 is 0 Å². The molecule has 0 aliphatic heterocycles. The summed E-state index contributed by atoms with van der Waals surface area (Å²) < 4.78 is 20.6. The fourth-order valence-corrected chi connectivity index (χ4v) is 2.14. The van der Waals surface area contributed by atoms with E-state index < -0.39 is 18.5 Å². The second kappa shape index (κ2) is 9.31. The Hall–Kier alpha value is -3.22. The minimum absolute atomic E-state index is 0.232. The number of nitrogens with one attached hydrogen (secondary N) is 1. The van der Waals surface area contributed by atoms with Crippen LogP contribution in [-0.2, 0) is 9.53 Å². The van der Waals surface area contributed by atoms with Crippen molar-refractivity contribution in [3.8, 4) is 17.2 Å². The molecule has 0 atom stereocenters. The molecule has 0 aliphatic carbocycles. The molecule has 0 unspecified atom stereocenters. The quantitative estimate of drug-likeness (QED) is 0.730. The molecule has 1 amide bonds. The summed E-state index contributed by atoms with van der Waals surface area (Å²) in [6, 6.07) is 11.6. The zero-order valence-corrected chi connectivity index (χ0v) is 14.9. The molecular formula is C19H21NO6. The Balaban J connectivity index is 1.91. The number of hydrogen-bond donors (Lipinski definition) is 1. The van der Waals surface area contributed by atoms with Gasteiger partial charge in [-0.1, -0.05) is 0 Å². The molecule has 2 rings (SSSR count). The Kier molecular flexibility index (Phi) is 6.84. The average molecular weight is 359 g/mol. The van der Waals surface area contributed by atoms with E-state index in [1.54, 1.807) is 30.3 Å². The molecule has 0 fully saturated rings. The van der Waals surface area contributed by atoms with Crippen LogP contribution in [-0.4, -0.2) is 39.3 Å². The van der Waals surface area contributed by atoms with Gasteiger partial charge in [-0.15, -0.1) is 0 Å². The van der Waals surface area contributed by atoms with Crippen LogP contribution in [0.3, 0.4) is 0 Å². The zero-order chi connectivity index (χ0) is 18.9. The first-order valence-corrected chi connectivity index (χ1v) is 7.98. The average Bonchev–Trinajstić information content (AvgIpc) is 2.67. The standard InChI is InChI=1S/C19H21NO6/c1-4-25-15-7-5-14(6-8-15)20-18(21)12-26-19(22)13-9-16(23-2)11-17(10-13)24-3/h5-11H,4,12H2,1-3H3,(H,20,21). The van der Waals surface area contributed by atoms with Crippen molar-refractivity contribution >= 4 is 17.6 Å². The smallest absolute Gasteiger partial charge is 0.338 e. The minimum atomic E-state index is -0.649. The number of amides is 1. The molecule has 0 bridgehead atoms. The van der Waals surface area contributed by atoms with Gasteiger partial charge in [0.2, 0.25) is 0 Å². The van der Waals surface area contributed by atoms with Gasteiger partial charge in [-0.3, -0.25) is 4.79 Å². The fraction of sp³-hybridized carbons (Fsp3) is 0.263. The van der Waals surface area contributed by atoms with Crippen molar-refractivity contribution in [1.82, 2.24) is 0 Å². The second-order valence-corrected chi connectivity index (χ2v) is 5.18. The maximum Gasteiger partial charge on any atom is 0.338 e. The van der Waals surface area contributed by atoms with Gasteiger partial charge >= 0.3 is 5.97 Å². The molecule has 0 saturated carbocycles. The number of rotatable bonds is 8. The number of anilines is 1. The molecule has 7 nitrogen and oxygen atoms in total. The first-order valence-electron chi connectivity index (χ1n) is 7.98. The van der Waals surface area contributed by atoms with Crippen molar-refractivity contribution in [3.63, 3.8) is 0 Å². The first kappa shape index (κ1) is 19.1. The maximum absolute atomic E-state index is 12.1. The molecule has 0 saturated heterocycles. The van der Waals surface area contributed by atoms with Gasteiger partial charge in [-0.05, 0) is 43.3 Å². The summed E-state index contributed by atoms with van der Waals surface area (Å²) in [5.74, 6) is 0.524. The van der Waals surface area contributed by atoms with Crippen LogP contribution in [0, 0.1) is 0 Å². The summed E-state index contributed by atoms with van der Waals surface area (Å²) in [4.78, 5) is 24.1. The van der Waals surface area contributed by atoms with E-state index in [0.29, 0.717) is 29.5 Å². The first-order chi connectivity index (χ1) is 12.5. The number of ether oxygens (including phenoxy) is 4. The molecule has 0 spiro atoms. The number of benzene rings is 2. The van der Waals surface area contributed by atoms with E-state index in [1.165, 1.54) is 26.4 Å². The molecule has 2 aromatic rings. The summed E-state index contributed by atoms with van der Waals surface area (Å²) in [6.45, 7) is 2.05. The number of esters is 1. The van der Waals surface area contributed by atoms with Crippen molar-refractivity contribution in [1.29, 1.82) is 0 Å². The number of carbonyl (C=O) groups is 2. The lowest BCUT2D eigenvalue weighted by Crippen LogP contribution is -2.21. The third kappa shape index (κ3) is 5.41. The molecule has 26 heavy (non-hydrogen) atoms. The fourth-order valence-electron chi connectivity index (χ4n) is 2.14. The Bertz CT molecular complexity index is 735. The summed E-state index contributed by atoms with van der Waals surface area (Å²) in [7, 11) is 2.96. The van der Waals surface area contributed by atoms with E-state index >= 15 is 0 Å². The molecule has 0 aromatic heterocycles. The van der Waals surface area contributed by atoms with Crippen molar-refractivity contribution in [3.05, 3.63) is 48.0 Å². The highest BCUT2D eigenvalue weighted by Crippen LogP contribution is 2.23. The van der Waals surface area contributed by atoms with Crippen LogP contribution in [0.25, 0.3) is 0 Å². The highest BCUT2D eigenvalue weighted by molar-refractivity contribution is 5.95. The van der Waals surface area contributed by atoms with Gasteiger partial charge in [0.1, 0.15) is 17.2 Å². The topological polar surface area (TPSA) is 83.1 Å². The van der Waals surface area contributed by atoms with Gasteiger partial charge < -0.3 is 24.3 Å². The van der Waals surface area contributed by atoms with Gasteiger partial charge in [0.15, 0.2) is 6.61 Å². The zero-order valence-electron chi connectivity index (χ0n) is 14.9.